The highest BCUT2D eigenvalue weighted by Crippen LogP contribution is 2.30. The normalized spacial score (nSPS) is 11.2. The molecule has 32 heavy (non-hydrogen) atoms. The highest BCUT2D eigenvalue weighted by Gasteiger charge is 2.16. The number of thiophene rings is 1. The van der Waals surface area contributed by atoms with E-state index >= 15 is 0 Å². The average molecular weight is 466 g/mol. The zero-order chi connectivity index (χ0) is 23.4. The number of carbonyl (C=O) groups is 1. The molecule has 3 rings (SSSR count). The predicted octanol–water partition coefficient (Wildman–Crippen LogP) is 4.12. The summed E-state index contributed by atoms with van der Waals surface area (Å²) in [7, 11) is 1.64. The second kappa shape index (κ2) is 10.1. The lowest BCUT2D eigenvalue weighted by molar-refractivity contribution is -0.130. The fourth-order valence-corrected chi connectivity index (χ4v) is 4.30. The minimum Gasteiger partial charge on any atom is -0.490 e. The fourth-order valence-electron chi connectivity index (χ4n) is 3.31. The Hall–Kier alpha value is -3.01. The first-order chi connectivity index (χ1) is 15.2. The first kappa shape index (κ1) is 23.6. The van der Waals surface area contributed by atoms with Crippen molar-refractivity contribution in [1.29, 1.82) is 0 Å². The van der Waals surface area contributed by atoms with Crippen LogP contribution in [0.25, 0.3) is 10.2 Å². The lowest BCUT2D eigenvalue weighted by atomic mass is 10.2. The SMILES string of the molecule is CCOc1cc(CN(C)C(=O)CCn2cnc3sc(C)c(C)c3c2=O)ccc1OC(F)F. The summed E-state index contributed by atoms with van der Waals surface area (Å²) in [5.41, 5.74) is 1.48. The van der Waals surface area contributed by atoms with Crippen LogP contribution in [0.1, 0.15) is 29.3 Å². The molecule has 2 aromatic heterocycles. The van der Waals surface area contributed by atoms with E-state index in [0.717, 1.165) is 10.4 Å². The molecular weight excluding hydrogens is 440 g/mol. The van der Waals surface area contributed by atoms with E-state index in [2.05, 4.69) is 9.72 Å². The summed E-state index contributed by atoms with van der Waals surface area (Å²) in [5, 5.41) is 0.602. The number of hydrogen-bond acceptors (Lipinski definition) is 6. The number of aryl methyl sites for hydroxylation is 3. The average Bonchev–Trinajstić information content (AvgIpc) is 3.03. The molecule has 0 atom stereocenters. The van der Waals surface area contributed by atoms with E-state index in [9.17, 15) is 18.4 Å². The van der Waals surface area contributed by atoms with E-state index in [1.807, 2.05) is 13.8 Å². The van der Waals surface area contributed by atoms with Crippen LogP contribution in [0.5, 0.6) is 11.5 Å². The van der Waals surface area contributed by atoms with Crippen molar-refractivity contribution in [3.63, 3.8) is 0 Å². The molecule has 1 aromatic carbocycles. The van der Waals surface area contributed by atoms with Crippen LogP contribution in [0.4, 0.5) is 8.78 Å². The van der Waals surface area contributed by atoms with Gasteiger partial charge in [0.2, 0.25) is 5.91 Å². The Bertz CT molecular complexity index is 1180. The van der Waals surface area contributed by atoms with Gasteiger partial charge in [0.1, 0.15) is 4.83 Å². The van der Waals surface area contributed by atoms with Crippen LogP contribution in [0.3, 0.4) is 0 Å². The molecule has 0 aliphatic heterocycles. The molecule has 0 fully saturated rings. The summed E-state index contributed by atoms with van der Waals surface area (Å²) in [6, 6.07) is 4.58. The number of aromatic nitrogens is 2. The van der Waals surface area contributed by atoms with Crippen molar-refractivity contribution in [3.05, 3.63) is 50.9 Å². The second-order valence-electron chi connectivity index (χ2n) is 7.30. The largest absolute Gasteiger partial charge is 0.490 e. The van der Waals surface area contributed by atoms with Crippen molar-refractivity contribution in [2.75, 3.05) is 13.7 Å². The standard InChI is InChI=1S/C22H25F2N3O4S/c1-5-30-17-10-15(6-7-16(17)31-22(23)24)11-26(4)18(28)8-9-27-12-25-20-19(21(27)29)13(2)14(3)32-20/h6-7,10,12,22H,5,8-9,11H2,1-4H3. The number of fused-ring (bicyclic) bond motifs is 1. The number of ether oxygens (including phenoxy) is 2. The third kappa shape index (κ3) is 5.24. The molecule has 0 unspecified atom stereocenters. The number of hydrogen-bond donors (Lipinski definition) is 0. The summed E-state index contributed by atoms with van der Waals surface area (Å²) >= 11 is 1.48. The maximum Gasteiger partial charge on any atom is 0.387 e. The lowest BCUT2D eigenvalue weighted by Gasteiger charge is -2.19. The van der Waals surface area contributed by atoms with Crippen LogP contribution in [0.15, 0.2) is 29.3 Å². The van der Waals surface area contributed by atoms with Crippen LogP contribution >= 0.6 is 11.3 Å². The van der Waals surface area contributed by atoms with Crippen LogP contribution in [0, 0.1) is 13.8 Å². The van der Waals surface area contributed by atoms with Crippen molar-refractivity contribution in [2.24, 2.45) is 0 Å². The van der Waals surface area contributed by atoms with E-state index in [0.29, 0.717) is 15.8 Å². The Morgan fingerprint density at radius 2 is 2.03 bits per heavy atom. The Kier molecular flexibility index (Phi) is 7.44. The molecule has 0 aliphatic carbocycles. The predicted molar refractivity (Wildman–Crippen MR) is 119 cm³/mol. The summed E-state index contributed by atoms with van der Waals surface area (Å²) < 4.78 is 36.4. The van der Waals surface area contributed by atoms with Gasteiger partial charge in [-0.2, -0.15) is 8.78 Å². The third-order valence-corrected chi connectivity index (χ3v) is 6.21. The second-order valence-corrected chi connectivity index (χ2v) is 8.50. The monoisotopic (exact) mass is 465 g/mol. The van der Waals surface area contributed by atoms with Gasteiger partial charge in [0.05, 0.1) is 18.3 Å². The number of amides is 1. The van der Waals surface area contributed by atoms with Crippen molar-refractivity contribution >= 4 is 27.5 Å². The number of alkyl halides is 2. The van der Waals surface area contributed by atoms with Gasteiger partial charge in [-0.1, -0.05) is 6.07 Å². The van der Waals surface area contributed by atoms with E-state index in [1.165, 1.54) is 33.2 Å². The van der Waals surface area contributed by atoms with Crippen LogP contribution in [0.2, 0.25) is 0 Å². The molecule has 0 saturated carbocycles. The maximum absolute atomic E-state index is 12.8. The topological polar surface area (TPSA) is 73.7 Å². The molecule has 172 valence electrons. The van der Waals surface area contributed by atoms with Crippen molar-refractivity contribution in [1.82, 2.24) is 14.5 Å². The quantitative estimate of drug-likeness (QED) is 0.475. The molecular formula is C22H25F2N3O4S. The molecule has 1 amide bonds. The number of benzene rings is 1. The molecule has 0 saturated heterocycles. The molecule has 0 N–H and O–H groups in total. The molecule has 0 aliphatic rings. The number of nitrogens with zero attached hydrogens (tertiary/aromatic N) is 3. The van der Waals surface area contributed by atoms with Gasteiger partial charge in [0, 0.05) is 31.4 Å². The Labute approximate surface area is 188 Å². The molecule has 10 heteroatoms. The van der Waals surface area contributed by atoms with Crippen molar-refractivity contribution < 1.29 is 23.0 Å². The Balaban J connectivity index is 1.67. The van der Waals surface area contributed by atoms with Crippen LogP contribution in [-0.4, -0.2) is 40.6 Å². The van der Waals surface area contributed by atoms with E-state index in [-0.39, 0.29) is 49.1 Å². The first-order valence-corrected chi connectivity index (χ1v) is 10.9. The Morgan fingerprint density at radius 1 is 1.28 bits per heavy atom. The Morgan fingerprint density at radius 3 is 2.72 bits per heavy atom. The van der Waals surface area contributed by atoms with Crippen molar-refractivity contribution in [3.8, 4) is 11.5 Å². The lowest BCUT2D eigenvalue weighted by Crippen LogP contribution is -2.29. The summed E-state index contributed by atoms with van der Waals surface area (Å²) in [6.07, 6.45) is 1.60. The van der Waals surface area contributed by atoms with Crippen LogP contribution < -0.4 is 15.0 Å². The molecule has 7 nitrogen and oxygen atoms in total. The van der Waals surface area contributed by atoms with Gasteiger partial charge in [-0.25, -0.2) is 4.98 Å². The highest BCUT2D eigenvalue weighted by molar-refractivity contribution is 7.18. The number of carbonyl (C=O) groups excluding carboxylic acids is 1. The molecule has 2 heterocycles. The van der Waals surface area contributed by atoms with Gasteiger partial charge in [-0.15, -0.1) is 11.3 Å². The van der Waals surface area contributed by atoms with Crippen molar-refractivity contribution in [2.45, 2.75) is 46.9 Å². The van der Waals surface area contributed by atoms with Crippen LogP contribution in [-0.2, 0) is 17.9 Å². The minimum absolute atomic E-state index is 0.0548. The summed E-state index contributed by atoms with van der Waals surface area (Å²) in [5.74, 6) is -0.0274. The highest BCUT2D eigenvalue weighted by atomic mass is 32.1. The van der Waals surface area contributed by atoms with Gasteiger partial charge in [-0.3, -0.25) is 14.2 Å². The number of rotatable bonds is 9. The maximum atomic E-state index is 12.8. The van der Waals surface area contributed by atoms with Gasteiger partial charge in [-0.05, 0) is 44.0 Å². The van der Waals surface area contributed by atoms with E-state index in [4.69, 9.17) is 4.74 Å². The summed E-state index contributed by atoms with van der Waals surface area (Å²) in [4.78, 5) is 33.0. The van der Waals surface area contributed by atoms with Gasteiger partial charge in [0.25, 0.3) is 5.56 Å². The number of halogens is 2. The van der Waals surface area contributed by atoms with E-state index < -0.39 is 6.61 Å². The van der Waals surface area contributed by atoms with E-state index in [1.54, 1.807) is 26.1 Å². The molecule has 0 bridgehead atoms. The fraction of sp³-hybridized carbons (Fsp3) is 0.409. The summed E-state index contributed by atoms with van der Waals surface area (Å²) in [6.45, 7) is 3.38. The molecule has 0 radical (unpaired) electrons. The van der Waals surface area contributed by atoms with Gasteiger partial charge >= 0.3 is 6.61 Å². The van der Waals surface area contributed by atoms with Gasteiger partial charge in [0.15, 0.2) is 11.5 Å². The van der Waals surface area contributed by atoms with Gasteiger partial charge < -0.3 is 14.4 Å². The first-order valence-electron chi connectivity index (χ1n) is 10.1. The molecule has 3 aromatic rings. The zero-order valence-corrected chi connectivity index (χ0v) is 19.2. The minimum atomic E-state index is -2.96. The molecule has 0 spiro atoms. The smallest absolute Gasteiger partial charge is 0.387 e. The third-order valence-electron chi connectivity index (χ3n) is 5.09. The zero-order valence-electron chi connectivity index (χ0n) is 18.4.